The molecule has 0 aromatic heterocycles. The molecule has 0 saturated heterocycles. The summed E-state index contributed by atoms with van der Waals surface area (Å²) in [6.45, 7) is 11.2. The lowest BCUT2D eigenvalue weighted by Gasteiger charge is -2.36. The van der Waals surface area contributed by atoms with Gasteiger partial charge in [-0.3, -0.25) is 4.79 Å². The first-order valence-electron chi connectivity index (χ1n) is 7.48. The Morgan fingerprint density at radius 2 is 1.79 bits per heavy atom. The molecule has 4 unspecified atom stereocenters. The number of thioether (sulfide) groups is 1. The van der Waals surface area contributed by atoms with Crippen molar-refractivity contribution in [3.63, 3.8) is 0 Å². The number of amides is 1. The minimum Gasteiger partial charge on any atom is -0.349 e. The molecule has 0 radical (unpaired) electrons. The van der Waals surface area contributed by atoms with E-state index in [0.717, 1.165) is 19.3 Å². The summed E-state index contributed by atoms with van der Waals surface area (Å²) in [5.74, 6) is 1.47. The van der Waals surface area contributed by atoms with Gasteiger partial charge in [-0.05, 0) is 30.9 Å². The largest absolute Gasteiger partial charge is 0.349 e. The lowest BCUT2D eigenvalue weighted by Crippen LogP contribution is -2.39. The molecule has 0 aliphatic carbocycles. The van der Waals surface area contributed by atoms with Gasteiger partial charge in [-0.2, -0.15) is 11.8 Å². The summed E-state index contributed by atoms with van der Waals surface area (Å²) in [6.07, 6.45) is 5.39. The molecule has 4 atom stereocenters. The van der Waals surface area contributed by atoms with Gasteiger partial charge in [0.15, 0.2) is 0 Å². The van der Waals surface area contributed by atoms with Gasteiger partial charge in [0, 0.05) is 24.8 Å². The molecule has 0 spiro atoms. The molecule has 0 aliphatic rings. The standard InChI is InChI=1S/C16H33NOS/c1-9-12(3)13(4)14(15(18)17(6)7)11-16(5,10-2)19-8/h12-14H,9-11H2,1-8H3. The van der Waals surface area contributed by atoms with Gasteiger partial charge in [0.25, 0.3) is 0 Å². The van der Waals surface area contributed by atoms with Crippen LogP contribution >= 0.6 is 11.8 Å². The molecular formula is C16H33NOS. The number of rotatable bonds is 8. The van der Waals surface area contributed by atoms with Crippen LogP contribution < -0.4 is 0 Å². The lowest BCUT2D eigenvalue weighted by atomic mass is 9.77. The minimum absolute atomic E-state index is 0.141. The van der Waals surface area contributed by atoms with Crippen molar-refractivity contribution in [2.24, 2.45) is 17.8 Å². The van der Waals surface area contributed by atoms with Crippen LogP contribution in [0.1, 0.15) is 53.9 Å². The molecule has 0 rings (SSSR count). The first-order chi connectivity index (χ1) is 8.72. The van der Waals surface area contributed by atoms with Gasteiger partial charge in [0.05, 0.1) is 0 Å². The highest BCUT2D eigenvalue weighted by Crippen LogP contribution is 2.38. The van der Waals surface area contributed by atoms with E-state index in [9.17, 15) is 4.79 Å². The molecule has 0 fully saturated rings. The summed E-state index contributed by atoms with van der Waals surface area (Å²) < 4.78 is 0.206. The second kappa shape index (κ2) is 8.18. The quantitative estimate of drug-likeness (QED) is 0.663. The Kier molecular flexibility index (Phi) is 8.11. The Morgan fingerprint density at radius 1 is 1.26 bits per heavy atom. The van der Waals surface area contributed by atoms with Crippen LogP contribution in [0, 0.1) is 17.8 Å². The topological polar surface area (TPSA) is 20.3 Å². The molecule has 0 bridgehead atoms. The average Bonchev–Trinajstić information content (AvgIpc) is 2.41. The first-order valence-corrected chi connectivity index (χ1v) is 8.71. The molecule has 0 aliphatic heterocycles. The monoisotopic (exact) mass is 287 g/mol. The van der Waals surface area contributed by atoms with Gasteiger partial charge >= 0.3 is 0 Å². The van der Waals surface area contributed by atoms with Crippen molar-refractivity contribution < 1.29 is 4.79 Å². The summed E-state index contributed by atoms with van der Waals surface area (Å²) in [5, 5.41) is 0. The van der Waals surface area contributed by atoms with E-state index in [4.69, 9.17) is 0 Å². The van der Waals surface area contributed by atoms with Gasteiger partial charge in [-0.25, -0.2) is 0 Å². The van der Waals surface area contributed by atoms with Crippen molar-refractivity contribution in [3.8, 4) is 0 Å². The third-order valence-electron chi connectivity index (χ3n) is 4.83. The summed E-state index contributed by atoms with van der Waals surface area (Å²) >= 11 is 1.90. The molecular weight excluding hydrogens is 254 g/mol. The van der Waals surface area contributed by atoms with Crippen molar-refractivity contribution in [2.45, 2.75) is 58.6 Å². The van der Waals surface area contributed by atoms with Gasteiger partial charge in [-0.1, -0.05) is 41.0 Å². The zero-order valence-corrected chi connectivity index (χ0v) is 14.9. The third kappa shape index (κ3) is 5.37. The van der Waals surface area contributed by atoms with Crippen molar-refractivity contribution in [1.82, 2.24) is 4.90 Å². The van der Waals surface area contributed by atoms with E-state index in [-0.39, 0.29) is 10.7 Å². The average molecular weight is 288 g/mol. The highest BCUT2D eigenvalue weighted by Gasteiger charge is 2.35. The number of carbonyl (C=O) groups excluding carboxylic acids is 1. The van der Waals surface area contributed by atoms with E-state index in [1.165, 1.54) is 0 Å². The Labute approximate surface area is 124 Å². The van der Waals surface area contributed by atoms with Crippen LogP contribution in [-0.2, 0) is 4.79 Å². The number of hydrogen-bond acceptors (Lipinski definition) is 2. The van der Waals surface area contributed by atoms with Gasteiger partial charge in [0.1, 0.15) is 0 Å². The molecule has 0 saturated carbocycles. The van der Waals surface area contributed by atoms with E-state index >= 15 is 0 Å². The van der Waals surface area contributed by atoms with Crippen LogP contribution in [0.15, 0.2) is 0 Å². The van der Waals surface area contributed by atoms with E-state index in [0.29, 0.717) is 17.7 Å². The Hall–Kier alpha value is -0.180. The fourth-order valence-corrected chi connectivity index (χ4v) is 3.07. The molecule has 0 N–H and O–H groups in total. The smallest absolute Gasteiger partial charge is 0.225 e. The van der Waals surface area contributed by atoms with Crippen LogP contribution in [0.2, 0.25) is 0 Å². The molecule has 1 amide bonds. The maximum atomic E-state index is 12.5. The normalized spacial score (nSPS) is 19.4. The summed E-state index contributed by atoms with van der Waals surface area (Å²) in [4.78, 5) is 14.3. The van der Waals surface area contributed by atoms with Crippen molar-refractivity contribution in [1.29, 1.82) is 0 Å². The Morgan fingerprint density at radius 3 is 2.11 bits per heavy atom. The van der Waals surface area contributed by atoms with Crippen LogP contribution in [0.5, 0.6) is 0 Å². The second-order valence-electron chi connectivity index (χ2n) is 6.30. The Bertz CT molecular complexity index is 274. The fourth-order valence-electron chi connectivity index (χ4n) is 2.44. The van der Waals surface area contributed by atoms with Gasteiger partial charge < -0.3 is 4.90 Å². The molecule has 3 heteroatoms. The van der Waals surface area contributed by atoms with E-state index in [2.05, 4.69) is 40.9 Å². The molecule has 0 aromatic carbocycles. The molecule has 0 heterocycles. The predicted octanol–water partition coefficient (Wildman–Crippen LogP) is 4.29. The van der Waals surface area contributed by atoms with Gasteiger partial charge in [-0.15, -0.1) is 0 Å². The zero-order valence-electron chi connectivity index (χ0n) is 14.1. The van der Waals surface area contributed by atoms with E-state index in [1.807, 2.05) is 25.9 Å². The summed E-state index contributed by atoms with van der Waals surface area (Å²) in [5.41, 5.74) is 0. The first kappa shape index (κ1) is 18.8. The van der Waals surface area contributed by atoms with Crippen LogP contribution in [-0.4, -0.2) is 35.9 Å². The van der Waals surface area contributed by atoms with Crippen molar-refractivity contribution >= 4 is 17.7 Å². The fraction of sp³-hybridized carbons (Fsp3) is 0.938. The van der Waals surface area contributed by atoms with Crippen LogP contribution in [0.3, 0.4) is 0 Å². The summed E-state index contributed by atoms with van der Waals surface area (Å²) in [6, 6.07) is 0. The maximum Gasteiger partial charge on any atom is 0.225 e. The van der Waals surface area contributed by atoms with E-state index in [1.54, 1.807) is 4.90 Å². The second-order valence-corrected chi connectivity index (χ2v) is 7.69. The SMILES string of the molecule is CCC(C)C(C)C(CC(C)(CC)SC)C(=O)N(C)C. The zero-order chi connectivity index (χ0) is 15.2. The maximum absolute atomic E-state index is 12.5. The van der Waals surface area contributed by atoms with Crippen LogP contribution in [0.4, 0.5) is 0 Å². The number of nitrogens with zero attached hydrogens (tertiary/aromatic N) is 1. The molecule has 19 heavy (non-hydrogen) atoms. The van der Waals surface area contributed by atoms with E-state index < -0.39 is 0 Å². The van der Waals surface area contributed by atoms with Gasteiger partial charge in [0.2, 0.25) is 5.91 Å². The third-order valence-corrected chi connectivity index (χ3v) is 6.27. The highest BCUT2D eigenvalue weighted by molar-refractivity contribution is 7.99. The molecule has 2 nitrogen and oxygen atoms in total. The number of carbonyl (C=O) groups is 1. The Balaban J connectivity index is 5.12. The summed E-state index contributed by atoms with van der Waals surface area (Å²) in [7, 11) is 3.75. The minimum atomic E-state index is 0.141. The lowest BCUT2D eigenvalue weighted by molar-refractivity contribution is -0.135. The highest BCUT2D eigenvalue weighted by atomic mass is 32.2. The van der Waals surface area contributed by atoms with Crippen molar-refractivity contribution in [2.75, 3.05) is 20.4 Å². The molecule has 0 aromatic rings. The molecule has 114 valence electrons. The predicted molar refractivity (Wildman–Crippen MR) is 87.6 cm³/mol. The number of hydrogen-bond donors (Lipinski definition) is 0. The van der Waals surface area contributed by atoms with Crippen molar-refractivity contribution in [3.05, 3.63) is 0 Å². The van der Waals surface area contributed by atoms with Crippen LogP contribution in [0.25, 0.3) is 0 Å².